The van der Waals surface area contributed by atoms with E-state index in [4.69, 9.17) is 9.26 Å². The summed E-state index contributed by atoms with van der Waals surface area (Å²) in [6, 6.07) is 15.8. The number of ether oxygens (including phenoxy) is 1. The van der Waals surface area contributed by atoms with Crippen LogP contribution < -0.4 is 4.74 Å². The summed E-state index contributed by atoms with van der Waals surface area (Å²) < 4.78 is 11.4. The van der Waals surface area contributed by atoms with E-state index in [2.05, 4.69) is 22.0 Å². The molecule has 0 aliphatic carbocycles. The van der Waals surface area contributed by atoms with Crippen molar-refractivity contribution in [2.75, 3.05) is 26.2 Å². The van der Waals surface area contributed by atoms with Gasteiger partial charge in [-0.15, -0.1) is 0 Å². The highest BCUT2D eigenvalue weighted by Crippen LogP contribution is 2.24. The highest BCUT2D eigenvalue weighted by atomic mass is 16.5. The molecule has 3 aromatic rings. The molecule has 2 aromatic carbocycles. The number of nitrogens with zero attached hydrogens (tertiary/aromatic N) is 4. The molecular formula is C25H30N4O3. The lowest BCUT2D eigenvalue weighted by Gasteiger charge is -2.37. The molecule has 0 radical (unpaired) electrons. The molecule has 1 amide bonds. The van der Waals surface area contributed by atoms with Gasteiger partial charge in [0.25, 0.3) is 5.91 Å². The number of aromatic nitrogens is 2. The normalized spacial score (nSPS) is 16.6. The third-order valence-corrected chi connectivity index (χ3v) is 5.96. The van der Waals surface area contributed by atoms with E-state index in [1.165, 1.54) is 5.56 Å². The maximum absolute atomic E-state index is 12.8. The van der Waals surface area contributed by atoms with Gasteiger partial charge in [0, 0.05) is 31.7 Å². The third kappa shape index (κ3) is 4.99. The number of benzene rings is 2. The zero-order valence-corrected chi connectivity index (χ0v) is 19.1. The van der Waals surface area contributed by atoms with Crippen LogP contribution in [-0.2, 0) is 4.79 Å². The summed E-state index contributed by atoms with van der Waals surface area (Å²) in [7, 11) is 0. The Morgan fingerprint density at radius 3 is 2.16 bits per heavy atom. The van der Waals surface area contributed by atoms with Crippen molar-refractivity contribution in [2.45, 2.75) is 39.8 Å². The molecule has 7 heteroatoms. The highest BCUT2D eigenvalue weighted by molar-refractivity contribution is 5.81. The first-order valence-electron chi connectivity index (χ1n) is 11.1. The van der Waals surface area contributed by atoms with Gasteiger partial charge >= 0.3 is 0 Å². The summed E-state index contributed by atoms with van der Waals surface area (Å²) in [6.07, 6.45) is -0.519. The Bertz CT molecular complexity index is 1040. The van der Waals surface area contributed by atoms with Crippen molar-refractivity contribution in [3.05, 3.63) is 65.5 Å². The van der Waals surface area contributed by atoms with Crippen molar-refractivity contribution in [1.29, 1.82) is 0 Å². The van der Waals surface area contributed by atoms with Crippen molar-refractivity contribution in [2.24, 2.45) is 0 Å². The van der Waals surface area contributed by atoms with Crippen molar-refractivity contribution in [3.8, 4) is 17.1 Å². The van der Waals surface area contributed by atoms with Gasteiger partial charge in [-0.25, -0.2) is 0 Å². The minimum absolute atomic E-state index is 0.0114. The van der Waals surface area contributed by atoms with Crippen LogP contribution in [0.2, 0.25) is 0 Å². The van der Waals surface area contributed by atoms with E-state index in [0.29, 0.717) is 30.6 Å². The number of carbonyl (C=O) groups is 1. The Morgan fingerprint density at radius 2 is 1.53 bits per heavy atom. The maximum Gasteiger partial charge on any atom is 0.263 e. The minimum Gasteiger partial charge on any atom is -0.481 e. The molecule has 2 unspecified atom stereocenters. The van der Waals surface area contributed by atoms with Crippen LogP contribution in [0.3, 0.4) is 0 Å². The second kappa shape index (κ2) is 9.53. The summed E-state index contributed by atoms with van der Waals surface area (Å²) in [5.74, 6) is 1.92. The fourth-order valence-electron chi connectivity index (χ4n) is 3.84. The van der Waals surface area contributed by atoms with E-state index >= 15 is 0 Å². The average molecular weight is 435 g/mol. The molecule has 168 valence electrons. The van der Waals surface area contributed by atoms with Crippen LogP contribution in [0.1, 0.15) is 36.9 Å². The lowest BCUT2D eigenvalue weighted by atomic mass is 10.1. The third-order valence-electron chi connectivity index (χ3n) is 5.96. The molecule has 32 heavy (non-hydrogen) atoms. The quantitative estimate of drug-likeness (QED) is 0.583. The number of hydrogen-bond donors (Lipinski definition) is 0. The van der Waals surface area contributed by atoms with Crippen molar-refractivity contribution in [1.82, 2.24) is 19.9 Å². The Kier molecular flexibility index (Phi) is 6.55. The van der Waals surface area contributed by atoms with E-state index < -0.39 is 6.10 Å². The number of amides is 1. The Morgan fingerprint density at radius 1 is 0.938 bits per heavy atom. The van der Waals surface area contributed by atoms with E-state index in [9.17, 15) is 4.79 Å². The van der Waals surface area contributed by atoms with Crippen LogP contribution in [0.25, 0.3) is 11.4 Å². The molecule has 0 spiro atoms. The van der Waals surface area contributed by atoms with Crippen LogP contribution in [-0.4, -0.2) is 58.1 Å². The summed E-state index contributed by atoms with van der Waals surface area (Å²) in [5, 5.41) is 4.15. The maximum atomic E-state index is 12.8. The molecular weight excluding hydrogens is 404 g/mol. The fourth-order valence-corrected chi connectivity index (χ4v) is 3.84. The number of hydrogen-bond acceptors (Lipinski definition) is 6. The smallest absolute Gasteiger partial charge is 0.263 e. The predicted molar refractivity (Wildman–Crippen MR) is 122 cm³/mol. The molecule has 1 aliphatic rings. The standard InChI is InChI=1S/C25H30N4O3/c1-17-5-9-21(10-6-17)23-26-24(32-27-23)19(3)28-13-15-29(16-14-28)25(30)20(4)31-22-11-7-18(2)8-12-22/h5-12,19-20H,13-16H2,1-4H3. The van der Waals surface area contributed by atoms with Crippen molar-refractivity contribution < 1.29 is 14.1 Å². The SMILES string of the molecule is Cc1ccc(OC(C)C(=O)N2CCN(C(C)c3nc(-c4ccc(C)cc4)no3)CC2)cc1. The fraction of sp³-hybridized carbons (Fsp3) is 0.400. The van der Waals surface area contributed by atoms with E-state index in [-0.39, 0.29) is 11.9 Å². The number of rotatable bonds is 6. The molecule has 0 N–H and O–H groups in total. The van der Waals surface area contributed by atoms with Crippen LogP contribution in [0.15, 0.2) is 53.1 Å². The summed E-state index contributed by atoms with van der Waals surface area (Å²) >= 11 is 0. The number of carbonyl (C=O) groups excluding carboxylic acids is 1. The molecule has 1 fully saturated rings. The molecule has 7 nitrogen and oxygen atoms in total. The zero-order chi connectivity index (χ0) is 22.7. The van der Waals surface area contributed by atoms with Gasteiger partial charge in [-0.1, -0.05) is 52.7 Å². The van der Waals surface area contributed by atoms with E-state index in [1.807, 2.05) is 74.2 Å². The predicted octanol–water partition coefficient (Wildman–Crippen LogP) is 4.03. The summed E-state index contributed by atoms with van der Waals surface area (Å²) in [6.45, 7) is 10.7. The highest BCUT2D eigenvalue weighted by Gasteiger charge is 2.30. The molecule has 2 atom stereocenters. The van der Waals surface area contributed by atoms with Crippen LogP contribution in [0.5, 0.6) is 5.75 Å². The van der Waals surface area contributed by atoms with E-state index in [1.54, 1.807) is 0 Å². The van der Waals surface area contributed by atoms with Gasteiger partial charge in [-0.2, -0.15) is 4.98 Å². The largest absolute Gasteiger partial charge is 0.481 e. The van der Waals surface area contributed by atoms with Gasteiger partial charge in [-0.3, -0.25) is 9.69 Å². The topological polar surface area (TPSA) is 71.7 Å². The minimum atomic E-state index is -0.519. The summed E-state index contributed by atoms with van der Waals surface area (Å²) in [4.78, 5) is 21.6. The first-order chi connectivity index (χ1) is 15.4. The van der Waals surface area contributed by atoms with Crippen LogP contribution in [0, 0.1) is 13.8 Å². The lowest BCUT2D eigenvalue weighted by molar-refractivity contribution is -0.140. The van der Waals surface area contributed by atoms with Crippen LogP contribution in [0.4, 0.5) is 0 Å². The average Bonchev–Trinajstić information content (AvgIpc) is 3.30. The molecule has 0 saturated carbocycles. The van der Waals surface area contributed by atoms with Gasteiger partial charge in [-0.05, 0) is 39.8 Å². The number of piperazine rings is 1. The van der Waals surface area contributed by atoms with E-state index in [0.717, 1.165) is 24.2 Å². The first-order valence-corrected chi connectivity index (χ1v) is 11.1. The van der Waals surface area contributed by atoms with Gasteiger partial charge in [0.05, 0.1) is 6.04 Å². The second-order valence-electron chi connectivity index (χ2n) is 8.43. The molecule has 1 aliphatic heterocycles. The Balaban J connectivity index is 1.31. The molecule has 1 aromatic heterocycles. The van der Waals surface area contributed by atoms with Crippen molar-refractivity contribution >= 4 is 5.91 Å². The Labute approximate surface area is 189 Å². The first kappa shape index (κ1) is 22.0. The van der Waals surface area contributed by atoms with Gasteiger partial charge < -0.3 is 14.2 Å². The Hall–Kier alpha value is -3.19. The molecule has 0 bridgehead atoms. The van der Waals surface area contributed by atoms with Gasteiger partial charge in [0.1, 0.15) is 5.75 Å². The lowest BCUT2D eigenvalue weighted by Crippen LogP contribution is -2.52. The molecule has 1 saturated heterocycles. The van der Waals surface area contributed by atoms with Crippen molar-refractivity contribution in [3.63, 3.8) is 0 Å². The van der Waals surface area contributed by atoms with Crippen LogP contribution >= 0.6 is 0 Å². The molecule has 4 rings (SSSR count). The monoisotopic (exact) mass is 434 g/mol. The van der Waals surface area contributed by atoms with Gasteiger partial charge in [0.2, 0.25) is 11.7 Å². The molecule has 2 heterocycles. The number of aryl methyl sites for hydroxylation is 2. The second-order valence-corrected chi connectivity index (χ2v) is 8.43. The zero-order valence-electron chi connectivity index (χ0n) is 19.1. The summed E-state index contributed by atoms with van der Waals surface area (Å²) in [5.41, 5.74) is 3.29. The van der Waals surface area contributed by atoms with Gasteiger partial charge in [0.15, 0.2) is 6.10 Å².